The normalized spacial score (nSPS) is 17.0. The number of pyridine rings is 2. The summed E-state index contributed by atoms with van der Waals surface area (Å²) in [5, 5.41) is 2.91. The largest absolute Gasteiger partial charge is 0.366 e. The Balaban J connectivity index is 1.18. The number of amides is 1. The van der Waals surface area contributed by atoms with E-state index in [1.54, 1.807) is 12.4 Å². The van der Waals surface area contributed by atoms with Crippen LogP contribution in [0.25, 0.3) is 11.0 Å². The van der Waals surface area contributed by atoms with Gasteiger partial charge in [0, 0.05) is 50.5 Å². The molecule has 5 rings (SSSR count). The van der Waals surface area contributed by atoms with Crippen molar-refractivity contribution in [2.75, 3.05) is 31.1 Å². The van der Waals surface area contributed by atoms with E-state index in [9.17, 15) is 9.59 Å². The van der Waals surface area contributed by atoms with E-state index in [1.807, 2.05) is 25.3 Å². The van der Waals surface area contributed by atoms with Crippen molar-refractivity contribution >= 4 is 22.6 Å². The third kappa shape index (κ3) is 4.47. The van der Waals surface area contributed by atoms with Gasteiger partial charge in [-0.3, -0.25) is 19.5 Å². The number of anilines is 1. The number of hydrogen-bond acceptors (Lipinski definition) is 7. The minimum Gasteiger partial charge on any atom is -0.366 e. The lowest BCUT2D eigenvalue weighted by atomic mass is 10.1. The number of fused-ring (bicyclic) bond motifs is 1. The van der Waals surface area contributed by atoms with Gasteiger partial charge in [-0.2, -0.15) is 0 Å². The zero-order valence-corrected chi connectivity index (χ0v) is 18.2. The maximum absolute atomic E-state index is 12.1. The minimum atomic E-state index is -0.194. The van der Waals surface area contributed by atoms with Gasteiger partial charge in [-0.1, -0.05) is 6.92 Å². The van der Waals surface area contributed by atoms with E-state index in [1.165, 1.54) is 0 Å². The molecule has 0 radical (unpaired) electrons. The van der Waals surface area contributed by atoms with Crippen molar-refractivity contribution in [3.05, 3.63) is 58.0 Å². The molecule has 1 saturated carbocycles. The molecule has 0 aromatic carbocycles. The summed E-state index contributed by atoms with van der Waals surface area (Å²) < 4.78 is 0. The predicted octanol–water partition coefficient (Wildman–Crippen LogP) is 1.49. The zero-order chi connectivity index (χ0) is 22.1. The molecule has 1 saturated heterocycles. The molecule has 2 N–H and O–H groups in total. The number of rotatable bonds is 6. The van der Waals surface area contributed by atoms with Crippen molar-refractivity contribution in [1.29, 1.82) is 0 Å². The number of hydrogen-bond donors (Lipinski definition) is 2. The Kier molecular flexibility index (Phi) is 5.57. The molecule has 3 aromatic heterocycles. The molecule has 0 unspecified atom stereocenters. The van der Waals surface area contributed by atoms with Crippen LogP contribution in [0.5, 0.6) is 0 Å². The van der Waals surface area contributed by atoms with Crippen LogP contribution < -0.4 is 15.8 Å². The highest BCUT2D eigenvalue weighted by molar-refractivity contribution is 5.90. The number of nitrogens with zero attached hydrogens (tertiary/aromatic N) is 5. The van der Waals surface area contributed by atoms with Gasteiger partial charge < -0.3 is 15.2 Å². The van der Waals surface area contributed by atoms with E-state index in [4.69, 9.17) is 0 Å². The minimum absolute atomic E-state index is 0.0363. The summed E-state index contributed by atoms with van der Waals surface area (Å²) in [6, 6.07) is 4.19. The maximum atomic E-state index is 12.1. The van der Waals surface area contributed by atoms with E-state index in [2.05, 4.69) is 35.1 Å². The molecule has 166 valence electrons. The monoisotopic (exact) mass is 433 g/mol. The lowest BCUT2D eigenvalue weighted by Gasteiger charge is -2.35. The summed E-state index contributed by atoms with van der Waals surface area (Å²) in [7, 11) is 0. The Hall–Kier alpha value is -3.33. The second-order valence-corrected chi connectivity index (χ2v) is 8.53. The number of aromatic amines is 1. The summed E-state index contributed by atoms with van der Waals surface area (Å²) in [6.45, 7) is 6.26. The van der Waals surface area contributed by atoms with Crippen molar-refractivity contribution in [3.63, 3.8) is 0 Å². The first-order valence-electron chi connectivity index (χ1n) is 11.2. The lowest BCUT2D eigenvalue weighted by Crippen LogP contribution is -2.46. The van der Waals surface area contributed by atoms with Crippen LogP contribution in [-0.2, 0) is 13.0 Å². The van der Waals surface area contributed by atoms with Crippen molar-refractivity contribution in [3.8, 4) is 0 Å². The van der Waals surface area contributed by atoms with Crippen LogP contribution >= 0.6 is 0 Å². The van der Waals surface area contributed by atoms with Gasteiger partial charge in [0.25, 0.3) is 11.5 Å². The van der Waals surface area contributed by atoms with Gasteiger partial charge >= 0.3 is 0 Å². The summed E-state index contributed by atoms with van der Waals surface area (Å²) in [5.41, 5.74) is 4.35. The average Bonchev–Trinajstić information content (AvgIpc) is 3.63. The highest BCUT2D eigenvalue weighted by Gasteiger charge is 2.25. The van der Waals surface area contributed by atoms with Crippen LogP contribution in [0.2, 0.25) is 0 Å². The van der Waals surface area contributed by atoms with Crippen LogP contribution in [0.15, 0.2) is 35.5 Å². The predicted molar refractivity (Wildman–Crippen MR) is 122 cm³/mol. The van der Waals surface area contributed by atoms with E-state index >= 15 is 0 Å². The van der Waals surface area contributed by atoms with Crippen molar-refractivity contribution in [2.45, 2.75) is 38.8 Å². The van der Waals surface area contributed by atoms with Gasteiger partial charge in [0.15, 0.2) is 0 Å². The molecule has 32 heavy (non-hydrogen) atoms. The van der Waals surface area contributed by atoms with Gasteiger partial charge in [-0.15, -0.1) is 0 Å². The van der Waals surface area contributed by atoms with E-state index < -0.39 is 0 Å². The number of aromatic nitrogens is 4. The number of carbonyl (C=O) groups is 1. The molecule has 1 aliphatic carbocycles. The molecule has 2 aliphatic rings. The van der Waals surface area contributed by atoms with E-state index in [0.717, 1.165) is 73.4 Å². The quantitative estimate of drug-likeness (QED) is 0.606. The lowest BCUT2D eigenvalue weighted by molar-refractivity contribution is 0.0940. The third-order valence-electron chi connectivity index (χ3n) is 6.10. The van der Waals surface area contributed by atoms with Crippen LogP contribution in [0, 0.1) is 0 Å². The van der Waals surface area contributed by atoms with Crippen LogP contribution in [0.1, 0.15) is 41.5 Å². The van der Waals surface area contributed by atoms with E-state index in [0.29, 0.717) is 12.5 Å². The second kappa shape index (κ2) is 8.66. The Morgan fingerprint density at radius 3 is 2.53 bits per heavy atom. The van der Waals surface area contributed by atoms with Gasteiger partial charge in [-0.05, 0) is 37.0 Å². The molecule has 0 spiro atoms. The molecular weight excluding hydrogens is 406 g/mol. The Labute approximate surface area is 185 Å². The Morgan fingerprint density at radius 1 is 1.09 bits per heavy atom. The molecule has 9 heteroatoms. The highest BCUT2D eigenvalue weighted by Crippen LogP contribution is 2.20. The van der Waals surface area contributed by atoms with Gasteiger partial charge in [0.05, 0.1) is 29.1 Å². The van der Waals surface area contributed by atoms with Crippen LogP contribution in [0.4, 0.5) is 5.69 Å². The Morgan fingerprint density at radius 2 is 1.84 bits per heavy atom. The smallest absolute Gasteiger partial charge is 0.289 e. The fraction of sp³-hybridized carbons (Fsp3) is 0.435. The highest BCUT2D eigenvalue weighted by atomic mass is 16.2. The fourth-order valence-corrected chi connectivity index (χ4v) is 4.02. The van der Waals surface area contributed by atoms with Crippen molar-refractivity contribution < 1.29 is 4.79 Å². The number of carbonyl (C=O) groups excluding carboxylic acids is 1. The molecule has 1 aliphatic heterocycles. The molecule has 2 fully saturated rings. The maximum Gasteiger partial charge on any atom is 0.289 e. The zero-order valence-electron chi connectivity index (χ0n) is 18.2. The molecule has 3 aromatic rings. The number of nitrogens with one attached hydrogen (secondary N) is 2. The molecule has 0 bridgehead atoms. The number of H-pyrrole nitrogens is 1. The van der Waals surface area contributed by atoms with E-state index in [-0.39, 0.29) is 17.3 Å². The first-order valence-corrected chi connectivity index (χ1v) is 11.2. The number of aryl methyl sites for hydroxylation is 1. The third-order valence-corrected chi connectivity index (χ3v) is 6.10. The van der Waals surface area contributed by atoms with Gasteiger partial charge in [0.2, 0.25) is 5.82 Å². The first kappa shape index (κ1) is 20.6. The summed E-state index contributed by atoms with van der Waals surface area (Å²) in [6.07, 6.45) is 8.14. The van der Waals surface area contributed by atoms with Crippen molar-refractivity contribution in [2.24, 2.45) is 0 Å². The SMILES string of the molecule is CCc1cc2ncc(CN3CCN(c4cnc(C(=O)NC5CC5)nc4)CC3)cc2[nH]c1=O. The van der Waals surface area contributed by atoms with Crippen LogP contribution in [-0.4, -0.2) is 63.0 Å². The number of piperazine rings is 1. The summed E-state index contributed by atoms with van der Waals surface area (Å²) in [5.74, 6) is 0.0346. The fourth-order valence-electron chi connectivity index (χ4n) is 4.02. The Bertz CT molecular complexity index is 1180. The van der Waals surface area contributed by atoms with Gasteiger partial charge in [-0.25, -0.2) is 9.97 Å². The molecule has 4 heterocycles. The van der Waals surface area contributed by atoms with Gasteiger partial charge in [0.1, 0.15) is 0 Å². The molecule has 0 atom stereocenters. The second-order valence-electron chi connectivity index (χ2n) is 8.53. The standard InChI is InChI=1S/C23H27N7O2/c1-2-16-10-19-20(28-22(16)31)9-15(11-24-19)14-29-5-7-30(8-6-29)18-12-25-21(26-13-18)23(32)27-17-3-4-17/h9-13,17H,2-8,14H2,1H3,(H,27,32)(H,28,31). The average molecular weight is 434 g/mol. The van der Waals surface area contributed by atoms with Crippen LogP contribution in [0.3, 0.4) is 0 Å². The van der Waals surface area contributed by atoms with Crippen molar-refractivity contribution in [1.82, 2.24) is 30.2 Å². The molecule has 9 nitrogen and oxygen atoms in total. The molecular formula is C23H27N7O2. The summed E-state index contributed by atoms with van der Waals surface area (Å²) >= 11 is 0. The first-order chi connectivity index (χ1) is 15.6. The molecule has 1 amide bonds. The summed E-state index contributed by atoms with van der Waals surface area (Å²) in [4.78, 5) is 44.8. The topological polar surface area (TPSA) is 107 Å².